The van der Waals surface area contributed by atoms with Gasteiger partial charge in [-0.25, -0.2) is 23.4 Å². The maximum atomic E-state index is 13.8. The van der Waals surface area contributed by atoms with Gasteiger partial charge in [0.2, 0.25) is 0 Å². The number of aliphatic hydroxyl groups is 3. The number of aryl methyl sites for hydroxylation is 2. The SMILES string of the molecule is Cc1cc(-c2cnc3c(NCC(C)(C)O)cc(-c4ccccc4CF)nn23)ccc1C(=O)NC1CC1.Cc1cc(-c2cnc3c(NCC(C)(C)O)cc(-c4ccccc4CO)nn23)ccc1C(=O)NC1CC1. The van der Waals surface area contributed by atoms with Crippen LogP contribution in [0.15, 0.2) is 109 Å². The second kappa shape index (κ2) is 20.3. The fraction of sp³-hybridized carbons (Fsp3) is 0.321. The van der Waals surface area contributed by atoms with Gasteiger partial charge in [-0.15, -0.1) is 0 Å². The van der Waals surface area contributed by atoms with Crippen LogP contribution < -0.4 is 21.3 Å². The number of fused-ring (bicyclic) bond motifs is 2. The van der Waals surface area contributed by atoms with E-state index in [1.807, 2.05) is 98.8 Å². The first kappa shape index (κ1) is 49.5. The fourth-order valence-corrected chi connectivity index (χ4v) is 8.41. The smallest absolute Gasteiger partial charge is 0.251 e. The molecule has 16 heteroatoms. The van der Waals surface area contributed by atoms with Gasteiger partial charge in [-0.2, -0.15) is 10.2 Å². The van der Waals surface area contributed by atoms with Gasteiger partial charge in [0.1, 0.15) is 6.67 Å². The Morgan fingerprint density at radius 3 is 1.43 bits per heavy atom. The molecule has 372 valence electrons. The van der Waals surface area contributed by atoms with Crippen molar-refractivity contribution in [2.45, 2.75) is 104 Å². The molecule has 2 amide bonds. The Morgan fingerprint density at radius 1 is 0.625 bits per heavy atom. The average molecular weight is 973 g/mol. The lowest BCUT2D eigenvalue weighted by Gasteiger charge is -2.19. The first-order chi connectivity index (χ1) is 34.5. The molecule has 8 aromatic rings. The molecule has 0 aliphatic heterocycles. The van der Waals surface area contributed by atoms with Crippen molar-refractivity contribution in [1.29, 1.82) is 0 Å². The van der Waals surface area contributed by atoms with Gasteiger partial charge in [-0.05, 0) is 126 Å². The summed E-state index contributed by atoms with van der Waals surface area (Å²) in [7, 11) is 0. The highest BCUT2D eigenvalue weighted by Crippen LogP contribution is 2.34. The van der Waals surface area contributed by atoms with Crippen LogP contribution in [0.4, 0.5) is 15.8 Å². The van der Waals surface area contributed by atoms with Gasteiger partial charge in [0, 0.05) is 58.6 Å². The Bertz CT molecular complexity index is 3090. The van der Waals surface area contributed by atoms with Crippen LogP contribution in [-0.2, 0) is 13.3 Å². The molecule has 0 atom stereocenters. The van der Waals surface area contributed by atoms with E-state index in [0.29, 0.717) is 75.8 Å². The van der Waals surface area contributed by atoms with Gasteiger partial charge >= 0.3 is 0 Å². The summed E-state index contributed by atoms with van der Waals surface area (Å²) in [6, 6.07) is 30.6. The molecule has 15 nitrogen and oxygen atoms in total. The van der Waals surface area contributed by atoms with Gasteiger partial charge < -0.3 is 36.6 Å². The normalized spacial score (nSPS) is 13.7. The number of amides is 2. The van der Waals surface area contributed by atoms with E-state index in [2.05, 4.69) is 31.2 Å². The second-order valence-corrected chi connectivity index (χ2v) is 20.1. The van der Waals surface area contributed by atoms with E-state index in [1.165, 1.54) is 0 Å². The minimum atomic E-state index is -0.944. The highest BCUT2D eigenvalue weighted by Gasteiger charge is 2.27. The summed E-state index contributed by atoms with van der Waals surface area (Å²) < 4.78 is 17.3. The highest BCUT2D eigenvalue weighted by atomic mass is 19.1. The third kappa shape index (κ3) is 11.3. The van der Waals surface area contributed by atoms with E-state index in [4.69, 9.17) is 10.2 Å². The largest absolute Gasteiger partial charge is 0.392 e. The second-order valence-electron chi connectivity index (χ2n) is 20.1. The number of aromatic nitrogens is 6. The molecular formula is C56H61FN10O5. The minimum absolute atomic E-state index is 0.0428. The molecule has 2 saturated carbocycles. The molecule has 0 radical (unpaired) electrons. The number of hydrogen-bond donors (Lipinski definition) is 7. The quantitative estimate of drug-likeness (QED) is 0.0488. The van der Waals surface area contributed by atoms with Crippen molar-refractivity contribution in [3.63, 3.8) is 0 Å². The fourth-order valence-electron chi connectivity index (χ4n) is 8.41. The average Bonchev–Trinajstić information content (AvgIpc) is 4.27. The first-order valence-electron chi connectivity index (χ1n) is 24.3. The lowest BCUT2D eigenvalue weighted by Crippen LogP contribution is -2.29. The van der Waals surface area contributed by atoms with Crippen molar-refractivity contribution in [2.24, 2.45) is 0 Å². The number of carbonyl (C=O) groups is 2. The van der Waals surface area contributed by atoms with Gasteiger partial charge in [-0.3, -0.25) is 9.59 Å². The molecule has 72 heavy (non-hydrogen) atoms. The van der Waals surface area contributed by atoms with E-state index in [9.17, 15) is 29.3 Å². The summed E-state index contributed by atoms with van der Waals surface area (Å²) in [5.74, 6) is -0.0974. The zero-order valence-electron chi connectivity index (χ0n) is 41.4. The number of anilines is 2. The summed E-state index contributed by atoms with van der Waals surface area (Å²) in [5.41, 5.74) is 11.1. The summed E-state index contributed by atoms with van der Waals surface area (Å²) in [5, 5.41) is 52.9. The van der Waals surface area contributed by atoms with Crippen molar-refractivity contribution >= 4 is 34.5 Å². The van der Waals surface area contributed by atoms with Crippen molar-refractivity contribution in [2.75, 3.05) is 23.7 Å². The summed E-state index contributed by atoms with van der Waals surface area (Å²) in [4.78, 5) is 34.4. The van der Waals surface area contributed by atoms with Gasteiger partial charge in [0.05, 0.1) is 64.4 Å². The first-order valence-corrected chi connectivity index (χ1v) is 24.3. The Labute approximate surface area is 417 Å². The van der Waals surface area contributed by atoms with Crippen molar-refractivity contribution < 1.29 is 29.3 Å². The van der Waals surface area contributed by atoms with E-state index in [0.717, 1.165) is 76.1 Å². The topological polar surface area (TPSA) is 203 Å². The number of aliphatic hydroxyl groups excluding tert-OH is 1. The Balaban J connectivity index is 0.000000178. The third-order valence-electron chi connectivity index (χ3n) is 12.6. The number of rotatable bonds is 16. The zero-order valence-corrected chi connectivity index (χ0v) is 41.4. The van der Waals surface area contributed by atoms with Crippen LogP contribution >= 0.6 is 0 Å². The third-order valence-corrected chi connectivity index (χ3v) is 12.6. The summed E-state index contributed by atoms with van der Waals surface area (Å²) in [6.45, 7) is 10.7. The highest BCUT2D eigenvalue weighted by molar-refractivity contribution is 5.97. The standard InChI is InChI=1S/C28H30FN5O2.C28H31N5O3/c1-17-12-18(8-11-21(17)27(35)32-20-9-10-20)25-15-30-26-24(31-16-28(2,3)36)13-23(33-34(25)26)22-7-5-4-6-19(22)14-29;1-17-12-18(8-11-21(17)27(35)31-20-9-10-20)25-14-29-26-24(30-16-28(2,3)36)13-23(32-33(25)26)22-7-5-4-6-19(22)15-34/h4-8,11-13,15,20,31,36H,9-10,14,16H2,1-3H3,(H,32,35);4-8,11-14,20,30,34,36H,9-10,15-16H2,1-3H3,(H,31,35). The van der Waals surface area contributed by atoms with E-state index < -0.39 is 17.9 Å². The molecule has 0 unspecified atom stereocenters. The van der Waals surface area contributed by atoms with Crippen LogP contribution in [0, 0.1) is 13.8 Å². The summed E-state index contributed by atoms with van der Waals surface area (Å²) >= 11 is 0. The molecule has 0 bridgehead atoms. The Kier molecular flexibility index (Phi) is 13.9. The van der Waals surface area contributed by atoms with Crippen LogP contribution in [0.3, 0.4) is 0 Å². The van der Waals surface area contributed by atoms with Crippen LogP contribution in [0.2, 0.25) is 0 Å². The van der Waals surface area contributed by atoms with Gasteiger partial charge in [0.25, 0.3) is 11.8 Å². The maximum absolute atomic E-state index is 13.8. The van der Waals surface area contributed by atoms with Crippen LogP contribution in [0.1, 0.15) is 96.3 Å². The molecule has 2 aliphatic rings. The molecule has 7 N–H and O–H groups in total. The van der Waals surface area contributed by atoms with Crippen LogP contribution in [0.5, 0.6) is 0 Å². The molecule has 2 fully saturated rings. The Hall–Kier alpha value is -7.53. The molecule has 4 aromatic carbocycles. The number of benzene rings is 4. The molecule has 4 aromatic heterocycles. The number of hydrogen-bond acceptors (Lipinski definition) is 11. The number of carbonyl (C=O) groups excluding carboxylic acids is 2. The van der Waals surface area contributed by atoms with Crippen molar-refractivity contribution in [1.82, 2.24) is 39.8 Å². The Morgan fingerprint density at radius 2 is 1.04 bits per heavy atom. The van der Waals surface area contributed by atoms with E-state index >= 15 is 0 Å². The monoisotopic (exact) mass is 972 g/mol. The van der Waals surface area contributed by atoms with Crippen LogP contribution in [-0.4, -0.2) is 92.7 Å². The van der Waals surface area contributed by atoms with E-state index in [-0.39, 0.29) is 18.4 Å². The molecule has 0 spiro atoms. The minimum Gasteiger partial charge on any atom is -0.392 e. The maximum Gasteiger partial charge on any atom is 0.251 e. The summed E-state index contributed by atoms with van der Waals surface area (Å²) in [6.07, 6.45) is 7.66. The molecule has 10 rings (SSSR count). The van der Waals surface area contributed by atoms with E-state index in [1.54, 1.807) is 61.3 Å². The molecule has 4 heterocycles. The molecule has 2 aliphatic carbocycles. The lowest BCUT2D eigenvalue weighted by atomic mass is 10.0. The predicted molar refractivity (Wildman–Crippen MR) is 278 cm³/mol. The van der Waals surface area contributed by atoms with Gasteiger partial charge in [0.15, 0.2) is 11.3 Å². The zero-order chi connectivity index (χ0) is 50.9. The number of halogens is 1. The van der Waals surface area contributed by atoms with Crippen molar-refractivity contribution in [3.05, 3.63) is 143 Å². The lowest BCUT2D eigenvalue weighted by molar-refractivity contribution is 0.0939. The van der Waals surface area contributed by atoms with Crippen molar-refractivity contribution in [3.8, 4) is 45.0 Å². The number of imidazole rings is 2. The number of nitrogens with one attached hydrogen (secondary N) is 4. The molecule has 0 saturated heterocycles. The van der Waals surface area contributed by atoms with Crippen LogP contribution in [0.25, 0.3) is 56.3 Å². The van der Waals surface area contributed by atoms with Gasteiger partial charge in [-0.1, -0.05) is 60.7 Å². The molecular weight excluding hydrogens is 912 g/mol. The predicted octanol–water partition coefficient (Wildman–Crippen LogP) is 8.86. The number of nitrogens with zero attached hydrogens (tertiary/aromatic N) is 6. The number of alkyl halides is 1.